The van der Waals surface area contributed by atoms with E-state index in [0.717, 1.165) is 16.8 Å². The van der Waals surface area contributed by atoms with Crippen molar-refractivity contribution in [1.82, 2.24) is 10.1 Å². The van der Waals surface area contributed by atoms with E-state index in [-0.39, 0.29) is 5.91 Å². The fourth-order valence-corrected chi connectivity index (χ4v) is 2.54. The Morgan fingerprint density at radius 3 is 2.76 bits per heavy atom. The summed E-state index contributed by atoms with van der Waals surface area (Å²) in [5.41, 5.74) is 2.80. The molecule has 0 aliphatic rings. The van der Waals surface area contributed by atoms with E-state index in [0.29, 0.717) is 36.0 Å². The minimum absolute atomic E-state index is 0.0549. The van der Waals surface area contributed by atoms with Crippen LogP contribution < -0.4 is 5.32 Å². The monoisotopic (exact) mass is 355 g/mol. The second-order valence-electron chi connectivity index (χ2n) is 5.79. The average molecular weight is 356 g/mol. The lowest BCUT2D eigenvalue weighted by Crippen LogP contribution is -2.11. The zero-order chi connectivity index (χ0) is 17.6. The number of nitrogens with one attached hydrogen (secondary N) is 1. The van der Waals surface area contributed by atoms with E-state index in [4.69, 9.17) is 16.1 Å². The van der Waals surface area contributed by atoms with Crippen LogP contribution in [0.3, 0.4) is 0 Å². The lowest BCUT2D eigenvalue weighted by atomic mass is 10.1. The van der Waals surface area contributed by atoms with Crippen LogP contribution in [0.4, 0.5) is 5.69 Å². The minimum Gasteiger partial charge on any atom is -0.339 e. The third kappa shape index (κ3) is 4.90. The number of halogens is 1. The molecule has 0 spiro atoms. The number of amides is 1. The molecule has 0 bridgehead atoms. The minimum atomic E-state index is -0.0549. The molecule has 0 unspecified atom stereocenters. The third-order valence-corrected chi connectivity index (χ3v) is 3.92. The SMILES string of the molecule is Cc1cccc(-c2noc(CCCC(=O)Nc3ccc(Cl)cc3)n2)c1. The number of aryl methyl sites for hydroxylation is 2. The van der Waals surface area contributed by atoms with Crippen molar-refractivity contribution < 1.29 is 9.32 Å². The molecule has 5 nitrogen and oxygen atoms in total. The molecule has 0 fully saturated rings. The molecule has 3 rings (SSSR count). The highest BCUT2D eigenvalue weighted by molar-refractivity contribution is 6.30. The average Bonchev–Trinajstić information content (AvgIpc) is 3.06. The van der Waals surface area contributed by atoms with Gasteiger partial charge in [0.25, 0.3) is 0 Å². The molecule has 0 aliphatic carbocycles. The van der Waals surface area contributed by atoms with Gasteiger partial charge in [-0.3, -0.25) is 4.79 Å². The number of hydrogen-bond acceptors (Lipinski definition) is 4. The molecular weight excluding hydrogens is 338 g/mol. The smallest absolute Gasteiger partial charge is 0.226 e. The van der Waals surface area contributed by atoms with E-state index < -0.39 is 0 Å². The van der Waals surface area contributed by atoms with Gasteiger partial charge in [-0.15, -0.1) is 0 Å². The van der Waals surface area contributed by atoms with Gasteiger partial charge in [0.1, 0.15) is 0 Å². The van der Waals surface area contributed by atoms with Gasteiger partial charge in [0.05, 0.1) is 0 Å². The molecule has 2 aromatic carbocycles. The zero-order valence-corrected chi connectivity index (χ0v) is 14.6. The van der Waals surface area contributed by atoms with Gasteiger partial charge in [-0.25, -0.2) is 0 Å². The van der Waals surface area contributed by atoms with Crippen molar-refractivity contribution >= 4 is 23.2 Å². The quantitative estimate of drug-likeness (QED) is 0.698. The Morgan fingerprint density at radius 2 is 2.00 bits per heavy atom. The molecule has 0 saturated heterocycles. The Balaban J connectivity index is 1.49. The van der Waals surface area contributed by atoms with Gasteiger partial charge in [0, 0.05) is 29.1 Å². The van der Waals surface area contributed by atoms with Crippen LogP contribution >= 0.6 is 11.6 Å². The van der Waals surface area contributed by atoms with Crippen LogP contribution in [0.1, 0.15) is 24.3 Å². The second kappa shape index (κ2) is 7.94. The first-order valence-electron chi connectivity index (χ1n) is 8.05. The molecule has 1 amide bonds. The Bertz CT molecular complexity index is 859. The summed E-state index contributed by atoms with van der Waals surface area (Å²) < 4.78 is 5.26. The summed E-state index contributed by atoms with van der Waals surface area (Å²) in [5, 5.41) is 7.47. The predicted molar refractivity (Wildman–Crippen MR) is 97.5 cm³/mol. The number of rotatable bonds is 6. The summed E-state index contributed by atoms with van der Waals surface area (Å²) in [6.07, 6.45) is 1.58. The van der Waals surface area contributed by atoms with Crippen LogP contribution in [-0.2, 0) is 11.2 Å². The van der Waals surface area contributed by atoms with Crippen LogP contribution in [0.15, 0.2) is 53.1 Å². The highest BCUT2D eigenvalue weighted by Gasteiger charge is 2.10. The van der Waals surface area contributed by atoms with E-state index in [1.54, 1.807) is 24.3 Å². The number of benzene rings is 2. The van der Waals surface area contributed by atoms with Gasteiger partial charge < -0.3 is 9.84 Å². The zero-order valence-electron chi connectivity index (χ0n) is 13.8. The Hall–Kier alpha value is -2.66. The number of carbonyl (C=O) groups excluding carboxylic acids is 1. The van der Waals surface area contributed by atoms with E-state index in [9.17, 15) is 4.79 Å². The fraction of sp³-hybridized carbons (Fsp3) is 0.211. The van der Waals surface area contributed by atoms with Crippen LogP contribution in [0.5, 0.6) is 0 Å². The van der Waals surface area contributed by atoms with Crippen molar-refractivity contribution in [2.45, 2.75) is 26.2 Å². The molecule has 128 valence electrons. The van der Waals surface area contributed by atoms with Crippen molar-refractivity contribution in [3.63, 3.8) is 0 Å². The van der Waals surface area contributed by atoms with Crippen LogP contribution in [0.2, 0.25) is 5.02 Å². The van der Waals surface area contributed by atoms with Crippen molar-refractivity contribution in [2.75, 3.05) is 5.32 Å². The van der Waals surface area contributed by atoms with Gasteiger partial charge in [-0.05, 0) is 43.7 Å². The largest absolute Gasteiger partial charge is 0.339 e. The summed E-state index contributed by atoms with van der Waals surface area (Å²) >= 11 is 5.82. The molecule has 0 atom stereocenters. The van der Waals surface area contributed by atoms with E-state index in [2.05, 4.69) is 15.5 Å². The van der Waals surface area contributed by atoms with Crippen LogP contribution in [0.25, 0.3) is 11.4 Å². The molecular formula is C19H18ClN3O2. The van der Waals surface area contributed by atoms with Gasteiger partial charge in [0.2, 0.25) is 17.6 Å². The Kier molecular flexibility index (Phi) is 5.46. The summed E-state index contributed by atoms with van der Waals surface area (Å²) in [6, 6.07) is 14.9. The van der Waals surface area contributed by atoms with E-state index in [1.165, 1.54) is 0 Å². The number of hydrogen-bond donors (Lipinski definition) is 1. The topological polar surface area (TPSA) is 68.0 Å². The van der Waals surface area contributed by atoms with E-state index >= 15 is 0 Å². The lowest BCUT2D eigenvalue weighted by molar-refractivity contribution is -0.116. The molecule has 0 saturated carbocycles. The molecule has 0 radical (unpaired) electrons. The number of carbonyl (C=O) groups is 1. The highest BCUT2D eigenvalue weighted by atomic mass is 35.5. The first-order valence-corrected chi connectivity index (χ1v) is 8.43. The molecule has 1 aromatic heterocycles. The first-order chi connectivity index (χ1) is 12.1. The van der Waals surface area contributed by atoms with Crippen molar-refractivity contribution in [2.24, 2.45) is 0 Å². The number of aromatic nitrogens is 2. The standard InChI is InChI=1S/C19H18ClN3O2/c1-13-4-2-5-14(12-13)19-22-18(25-23-19)7-3-6-17(24)21-16-10-8-15(20)9-11-16/h2,4-5,8-12H,3,6-7H2,1H3,(H,21,24). The lowest BCUT2D eigenvalue weighted by Gasteiger charge is -2.04. The summed E-state index contributed by atoms with van der Waals surface area (Å²) in [6.45, 7) is 2.02. The maximum atomic E-state index is 11.9. The van der Waals surface area contributed by atoms with Gasteiger partial charge in [-0.1, -0.05) is 40.5 Å². The van der Waals surface area contributed by atoms with Crippen LogP contribution in [-0.4, -0.2) is 16.0 Å². The normalized spacial score (nSPS) is 10.6. The van der Waals surface area contributed by atoms with Crippen LogP contribution in [0, 0.1) is 6.92 Å². The van der Waals surface area contributed by atoms with Crippen molar-refractivity contribution in [1.29, 1.82) is 0 Å². The molecule has 1 N–H and O–H groups in total. The molecule has 3 aromatic rings. The molecule has 6 heteroatoms. The Labute approximate surface area is 151 Å². The molecule has 0 aliphatic heterocycles. The molecule has 1 heterocycles. The summed E-state index contributed by atoms with van der Waals surface area (Å²) in [5.74, 6) is 1.06. The van der Waals surface area contributed by atoms with Gasteiger partial charge >= 0.3 is 0 Å². The first kappa shape index (κ1) is 17.2. The Morgan fingerprint density at radius 1 is 1.20 bits per heavy atom. The predicted octanol–water partition coefficient (Wildman–Crippen LogP) is 4.66. The number of nitrogens with zero attached hydrogens (tertiary/aromatic N) is 2. The number of anilines is 1. The fourth-order valence-electron chi connectivity index (χ4n) is 2.41. The van der Waals surface area contributed by atoms with Crippen molar-refractivity contribution in [3.05, 3.63) is 65.0 Å². The molecule has 25 heavy (non-hydrogen) atoms. The van der Waals surface area contributed by atoms with Crippen molar-refractivity contribution in [3.8, 4) is 11.4 Å². The van der Waals surface area contributed by atoms with Gasteiger partial charge in [-0.2, -0.15) is 4.98 Å². The third-order valence-electron chi connectivity index (χ3n) is 3.67. The van der Waals surface area contributed by atoms with Gasteiger partial charge in [0.15, 0.2) is 0 Å². The summed E-state index contributed by atoms with van der Waals surface area (Å²) in [7, 11) is 0. The maximum Gasteiger partial charge on any atom is 0.226 e. The van der Waals surface area contributed by atoms with E-state index in [1.807, 2.05) is 31.2 Å². The summed E-state index contributed by atoms with van der Waals surface area (Å²) in [4.78, 5) is 16.3. The highest BCUT2D eigenvalue weighted by Crippen LogP contribution is 2.18. The maximum absolute atomic E-state index is 11.9. The second-order valence-corrected chi connectivity index (χ2v) is 6.23.